The quantitative estimate of drug-likeness (QED) is 0.672. The van der Waals surface area contributed by atoms with Crippen molar-refractivity contribution in [1.29, 1.82) is 0 Å². The second kappa shape index (κ2) is 8.87. The molecule has 0 aromatic carbocycles. The van der Waals surface area contributed by atoms with Gasteiger partial charge in [-0.05, 0) is 25.2 Å². The van der Waals surface area contributed by atoms with E-state index in [1.54, 1.807) is 4.90 Å². The topological polar surface area (TPSA) is 78.9 Å². The Morgan fingerprint density at radius 2 is 2.10 bits per heavy atom. The number of hydrogen-bond donors (Lipinski definition) is 2. The molecule has 1 rings (SSSR count). The van der Waals surface area contributed by atoms with Gasteiger partial charge < -0.3 is 20.1 Å². The van der Waals surface area contributed by atoms with Gasteiger partial charge in [-0.3, -0.25) is 4.79 Å². The number of urea groups is 1. The van der Waals surface area contributed by atoms with Crippen LogP contribution in [-0.2, 0) is 9.53 Å². The predicted octanol–water partition coefficient (Wildman–Crippen LogP) is 1.94. The van der Waals surface area contributed by atoms with Gasteiger partial charge >= 0.3 is 12.0 Å². The van der Waals surface area contributed by atoms with Gasteiger partial charge in [-0.25, -0.2) is 4.79 Å². The summed E-state index contributed by atoms with van der Waals surface area (Å²) in [5.41, 5.74) is 0. The van der Waals surface area contributed by atoms with Crippen LogP contribution in [0.3, 0.4) is 0 Å². The van der Waals surface area contributed by atoms with E-state index in [9.17, 15) is 14.7 Å². The molecule has 1 heterocycles. The Bertz CT molecular complexity index is 347. The Morgan fingerprint density at radius 3 is 2.67 bits per heavy atom. The zero-order chi connectivity index (χ0) is 15.8. The first kappa shape index (κ1) is 17.8. The number of nitrogens with zero attached hydrogens (tertiary/aromatic N) is 1. The van der Waals surface area contributed by atoms with Gasteiger partial charge in [0.25, 0.3) is 0 Å². The molecule has 1 aliphatic heterocycles. The van der Waals surface area contributed by atoms with Crippen LogP contribution in [0, 0.1) is 11.8 Å². The number of carbonyl (C=O) groups is 2. The van der Waals surface area contributed by atoms with E-state index < -0.39 is 11.9 Å². The Labute approximate surface area is 126 Å². The van der Waals surface area contributed by atoms with E-state index in [1.807, 2.05) is 6.92 Å². The lowest BCUT2D eigenvalue weighted by molar-refractivity contribution is -0.142. The highest BCUT2D eigenvalue weighted by molar-refractivity contribution is 5.77. The van der Waals surface area contributed by atoms with Gasteiger partial charge in [-0.15, -0.1) is 0 Å². The highest BCUT2D eigenvalue weighted by atomic mass is 16.5. The van der Waals surface area contributed by atoms with Crippen LogP contribution in [0.4, 0.5) is 4.79 Å². The van der Waals surface area contributed by atoms with Crippen molar-refractivity contribution in [2.45, 2.75) is 46.1 Å². The van der Waals surface area contributed by atoms with Crippen molar-refractivity contribution in [3.8, 4) is 0 Å². The van der Waals surface area contributed by atoms with Crippen LogP contribution in [0.2, 0.25) is 0 Å². The van der Waals surface area contributed by atoms with Crippen molar-refractivity contribution < 1.29 is 19.4 Å². The number of hydrogen-bond acceptors (Lipinski definition) is 3. The molecule has 122 valence electrons. The first-order valence-electron chi connectivity index (χ1n) is 7.82. The van der Waals surface area contributed by atoms with Crippen molar-refractivity contribution in [3.05, 3.63) is 0 Å². The summed E-state index contributed by atoms with van der Waals surface area (Å²) in [6.45, 7) is 7.94. The largest absolute Gasteiger partial charge is 0.481 e. The molecule has 0 radical (unpaired) electrons. The highest BCUT2D eigenvalue weighted by Gasteiger charge is 2.39. The smallest absolute Gasteiger partial charge is 0.317 e. The van der Waals surface area contributed by atoms with Gasteiger partial charge in [-0.2, -0.15) is 0 Å². The third-order valence-electron chi connectivity index (χ3n) is 3.73. The summed E-state index contributed by atoms with van der Waals surface area (Å²) < 4.78 is 5.26. The maximum absolute atomic E-state index is 12.3. The number of carboxylic acids is 1. The van der Waals surface area contributed by atoms with Gasteiger partial charge in [0.05, 0.1) is 19.3 Å². The second-order valence-corrected chi connectivity index (χ2v) is 6.01. The monoisotopic (exact) mass is 300 g/mol. The lowest BCUT2D eigenvalue weighted by Crippen LogP contribution is -2.51. The first-order chi connectivity index (χ1) is 9.97. The summed E-state index contributed by atoms with van der Waals surface area (Å²) in [5, 5.41) is 12.1. The summed E-state index contributed by atoms with van der Waals surface area (Å²) in [5.74, 6) is -0.905. The Morgan fingerprint density at radius 1 is 1.38 bits per heavy atom. The third-order valence-corrected chi connectivity index (χ3v) is 3.73. The van der Waals surface area contributed by atoms with Crippen molar-refractivity contribution in [1.82, 2.24) is 10.2 Å². The van der Waals surface area contributed by atoms with Crippen LogP contribution >= 0.6 is 0 Å². The molecular formula is C15H28N2O4. The van der Waals surface area contributed by atoms with E-state index in [0.29, 0.717) is 25.6 Å². The first-order valence-corrected chi connectivity index (χ1v) is 7.82. The fraction of sp³-hybridized carbons (Fsp3) is 0.867. The van der Waals surface area contributed by atoms with Gasteiger partial charge in [0.2, 0.25) is 0 Å². The van der Waals surface area contributed by atoms with E-state index in [2.05, 4.69) is 19.2 Å². The molecule has 2 atom stereocenters. The van der Waals surface area contributed by atoms with E-state index >= 15 is 0 Å². The Kier molecular flexibility index (Phi) is 7.50. The predicted molar refractivity (Wildman–Crippen MR) is 80.2 cm³/mol. The second-order valence-electron chi connectivity index (χ2n) is 6.01. The minimum atomic E-state index is -0.897. The van der Waals surface area contributed by atoms with Gasteiger partial charge in [-0.1, -0.05) is 20.8 Å². The molecule has 0 aromatic heterocycles. The molecule has 0 aromatic rings. The molecule has 21 heavy (non-hydrogen) atoms. The van der Waals surface area contributed by atoms with Gasteiger partial charge in [0.15, 0.2) is 0 Å². The minimum Gasteiger partial charge on any atom is -0.481 e. The molecule has 0 saturated carbocycles. The van der Waals surface area contributed by atoms with Crippen molar-refractivity contribution >= 4 is 12.0 Å². The van der Waals surface area contributed by atoms with E-state index in [1.165, 1.54) is 0 Å². The standard InChI is InChI=1S/C15H28N2O4/c1-4-8-17(13-10-21-9-12(13)14(18)19)15(20)16-7-5-6-11(2)3/h11-13H,4-10H2,1-3H3,(H,16,20)(H,18,19). The lowest BCUT2D eigenvalue weighted by atomic mass is 10.0. The molecular weight excluding hydrogens is 272 g/mol. The molecule has 2 amide bonds. The van der Waals surface area contributed by atoms with Crippen LogP contribution < -0.4 is 5.32 Å². The van der Waals surface area contributed by atoms with Crippen LogP contribution in [0.25, 0.3) is 0 Å². The molecule has 6 heteroatoms. The summed E-state index contributed by atoms with van der Waals surface area (Å²) in [4.78, 5) is 25.2. The molecule has 1 saturated heterocycles. The number of aliphatic carboxylic acids is 1. The lowest BCUT2D eigenvalue weighted by Gasteiger charge is -2.30. The minimum absolute atomic E-state index is 0.178. The molecule has 1 fully saturated rings. The van der Waals surface area contributed by atoms with E-state index in [0.717, 1.165) is 19.3 Å². The fourth-order valence-electron chi connectivity index (χ4n) is 2.55. The highest BCUT2D eigenvalue weighted by Crippen LogP contribution is 2.20. The maximum Gasteiger partial charge on any atom is 0.317 e. The summed E-state index contributed by atoms with van der Waals surface area (Å²) in [6.07, 6.45) is 2.80. The van der Waals surface area contributed by atoms with Crippen LogP contribution in [0.1, 0.15) is 40.0 Å². The molecule has 0 bridgehead atoms. The van der Waals surface area contributed by atoms with Crippen LogP contribution in [-0.4, -0.2) is 54.4 Å². The SMILES string of the molecule is CCCN(C(=O)NCCCC(C)C)C1COCC1C(=O)O. The number of carboxylic acid groups (broad SMARTS) is 1. The molecule has 1 aliphatic rings. The third kappa shape index (κ3) is 5.53. The molecule has 2 N–H and O–H groups in total. The van der Waals surface area contributed by atoms with Crippen LogP contribution in [0.5, 0.6) is 0 Å². The number of carbonyl (C=O) groups excluding carboxylic acids is 1. The molecule has 2 unspecified atom stereocenters. The molecule has 0 aliphatic carbocycles. The normalized spacial score (nSPS) is 21.5. The number of amides is 2. The molecule has 6 nitrogen and oxygen atoms in total. The summed E-state index contributed by atoms with van der Waals surface area (Å²) in [7, 11) is 0. The number of nitrogens with one attached hydrogen (secondary N) is 1. The summed E-state index contributed by atoms with van der Waals surface area (Å²) >= 11 is 0. The van der Waals surface area contributed by atoms with E-state index in [-0.39, 0.29) is 18.7 Å². The Balaban J connectivity index is 2.55. The van der Waals surface area contributed by atoms with Crippen LogP contribution in [0.15, 0.2) is 0 Å². The van der Waals surface area contributed by atoms with Crippen molar-refractivity contribution in [3.63, 3.8) is 0 Å². The number of ether oxygens (including phenoxy) is 1. The van der Waals surface area contributed by atoms with Crippen molar-refractivity contribution in [2.75, 3.05) is 26.3 Å². The van der Waals surface area contributed by atoms with Crippen molar-refractivity contribution in [2.24, 2.45) is 11.8 Å². The zero-order valence-electron chi connectivity index (χ0n) is 13.3. The average Bonchev–Trinajstić information content (AvgIpc) is 2.89. The molecule has 0 spiro atoms. The number of rotatable bonds is 8. The van der Waals surface area contributed by atoms with E-state index in [4.69, 9.17) is 4.74 Å². The Hall–Kier alpha value is -1.30. The van der Waals surface area contributed by atoms with Gasteiger partial charge in [0.1, 0.15) is 5.92 Å². The zero-order valence-corrected chi connectivity index (χ0v) is 13.3. The summed E-state index contributed by atoms with van der Waals surface area (Å²) in [6, 6.07) is -0.546. The fourth-order valence-corrected chi connectivity index (χ4v) is 2.55. The maximum atomic E-state index is 12.3. The van der Waals surface area contributed by atoms with Gasteiger partial charge in [0, 0.05) is 13.1 Å². The average molecular weight is 300 g/mol.